The highest BCUT2D eigenvalue weighted by atomic mass is 79.9. The van der Waals surface area contributed by atoms with Gasteiger partial charge in [0.2, 0.25) is 0 Å². The third-order valence-corrected chi connectivity index (χ3v) is 3.94. The fourth-order valence-corrected chi connectivity index (χ4v) is 2.57. The van der Waals surface area contributed by atoms with Gasteiger partial charge in [0.05, 0.1) is 21.7 Å². The molecule has 0 aliphatic heterocycles. The first kappa shape index (κ1) is 15.2. The zero-order valence-corrected chi connectivity index (χ0v) is 12.9. The lowest BCUT2D eigenvalue weighted by Crippen LogP contribution is -2.28. The fourth-order valence-electron chi connectivity index (χ4n) is 1.83. The minimum atomic E-state index is 0.242. The first-order valence-corrected chi connectivity index (χ1v) is 7.04. The van der Waals surface area contributed by atoms with Gasteiger partial charge in [-0.2, -0.15) is 5.10 Å². The molecule has 1 aromatic heterocycles. The van der Waals surface area contributed by atoms with Gasteiger partial charge in [-0.25, -0.2) is 0 Å². The maximum Gasteiger partial charge on any atom is 0.0918 e. The van der Waals surface area contributed by atoms with Gasteiger partial charge in [0.25, 0.3) is 0 Å². The van der Waals surface area contributed by atoms with Crippen molar-refractivity contribution >= 4 is 21.8 Å². The maximum atomic E-state index is 7.29. The molecule has 1 rings (SSSR count). The second-order valence-electron chi connectivity index (χ2n) is 4.33. The molecule has 0 atom stereocenters. The molecular weight excluding hydrogens is 294 g/mol. The number of aryl methyl sites for hydroxylation is 2. The lowest BCUT2D eigenvalue weighted by molar-refractivity contribution is 0.279. The molecule has 1 aromatic rings. The van der Waals surface area contributed by atoms with Crippen LogP contribution in [0.3, 0.4) is 0 Å². The summed E-state index contributed by atoms with van der Waals surface area (Å²) in [5, 5.41) is 11.8. The summed E-state index contributed by atoms with van der Waals surface area (Å²) in [6.07, 6.45) is 1.54. The van der Waals surface area contributed by atoms with Crippen LogP contribution >= 0.6 is 15.9 Å². The Morgan fingerprint density at radius 1 is 1.50 bits per heavy atom. The number of nitrogens with one attached hydrogen (secondary N) is 1. The predicted molar refractivity (Wildman–Crippen MR) is 77.8 cm³/mol. The van der Waals surface area contributed by atoms with E-state index in [1.165, 1.54) is 5.69 Å². The number of nitrogens with two attached hydrogens (primary N) is 1. The van der Waals surface area contributed by atoms with E-state index < -0.39 is 0 Å². The lowest BCUT2D eigenvalue weighted by Gasteiger charge is -2.20. The quantitative estimate of drug-likeness (QED) is 0.596. The fraction of sp³-hybridized carbons (Fsp3) is 0.667. The predicted octanol–water partition coefficient (Wildman–Crippen LogP) is 1.89. The summed E-state index contributed by atoms with van der Waals surface area (Å²) >= 11 is 3.62. The second kappa shape index (κ2) is 6.89. The Labute approximate surface area is 117 Å². The molecule has 18 heavy (non-hydrogen) atoms. The van der Waals surface area contributed by atoms with Crippen LogP contribution in [0.4, 0.5) is 0 Å². The number of hydrogen-bond acceptors (Lipinski definition) is 3. The average molecular weight is 316 g/mol. The summed E-state index contributed by atoms with van der Waals surface area (Å²) in [7, 11) is 1.97. The minimum absolute atomic E-state index is 0.242. The molecule has 0 spiro atoms. The van der Waals surface area contributed by atoms with Crippen molar-refractivity contribution in [1.82, 2.24) is 14.7 Å². The molecule has 102 valence electrons. The highest BCUT2D eigenvalue weighted by Gasteiger charge is 2.15. The van der Waals surface area contributed by atoms with Crippen LogP contribution in [0.15, 0.2) is 4.47 Å². The van der Waals surface area contributed by atoms with E-state index in [0.717, 1.165) is 36.2 Å². The highest BCUT2D eigenvalue weighted by Crippen LogP contribution is 2.22. The van der Waals surface area contributed by atoms with Gasteiger partial charge in [-0.05, 0) is 28.9 Å². The molecule has 0 radical (unpaired) electrons. The monoisotopic (exact) mass is 315 g/mol. The van der Waals surface area contributed by atoms with Crippen LogP contribution in [-0.2, 0) is 20.0 Å². The van der Waals surface area contributed by atoms with Gasteiger partial charge in [0.1, 0.15) is 0 Å². The van der Waals surface area contributed by atoms with Gasteiger partial charge in [0.15, 0.2) is 0 Å². The molecule has 0 aliphatic rings. The third-order valence-electron chi connectivity index (χ3n) is 3.02. The second-order valence-corrected chi connectivity index (χ2v) is 5.12. The molecule has 0 unspecified atom stereocenters. The van der Waals surface area contributed by atoms with E-state index in [1.54, 1.807) is 0 Å². The zero-order chi connectivity index (χ0) is 13.7. The van der Waals surface area contributed by atoms with E-state index in [9.17, 15) is 0 Å². The van der Waals surface area contributed by atoms with E-state index in [0.29, 0.717) is 6.42 Å². The van der Waals surface area contributed by atoms with Gasteiger partial charge >= 0.3 is 0 Å². The molecule has 0 saturated carbocycles. The zero-order valence-electron chi connectivity index (χ0n) is 11.3. The Balaban J connectivity index is 2.75. The molecule has 0 aromatic carbocycles. The molecule has 3 N–H and O–H groups in total. The molecule has 6 heteroatoms. The van der Waals surface area contributed by atoms with Crippen LogP contribution in [0.1, 0.15) is 31.7 Å². The van der Waals surface area contributed by atoms with Crippen molar-refractivity contribution in [1.29, 1.82) is 5.41 Å². The normalized spacial score (nSPS) is 11.2. The maximum absolute atomic E-state index is 7.29. The Morgan fingerprint density at radius 3 is 2.61 bits per heavy atom. The van der Waals surface area contributed by atoms with Crippen LogP contribution in [0.2, 0.25) is 0 Å². The van der Waals surface area contributed by atoms with E-state index in [4.69, 9.17) is 11.1 Å². The van der Waals surface area contributed by atoms with Crippen molar-refractivity contribution in [3.05, 3.63) is 15.9 Å². The topological polar surface area (TPSA) is 70.9 Å². The van der Waals surface area contributed by atoms with E-state index in [1.807, 2.05) is 11.7 Å². The van der Waals surface area contributed by atoms with E-state index in [2.05, 4.69) is 39.8 Å². The molecule has 5 nitrogen and oxygen atoms in total. The van der Waals surface area contributed by atoms with Crippen molar-refractivity contribution in [2.24, 2.45) is 12.8 Å². The standard InChI is InChI=1S/C12H22BrN5/c1-4-9-12(13)10(17(3)16-9)8-18(5-2)7-6-11(14)15/h4-8H2,1-3H3,(H3,14,15). The molecule has 0 saturated heterocycles. The van der Waals surface area contributed by atoms with E-state index >= 15 is 0 Å². The molecule has 0 fully saturated rings. The average Bonchev–Trinajstić information content (AvgIpc) is 2.60. The van der Waals surface area contributed by atoms with Gasteiger partial charge in [-0.3, -0.25) is 15.0 Å². The van der Waals surface area contributed by atoms with Gasteiger partial charge in [-0.1, -0.05) is 13.8 Å². The van der Waals surface area contributed by atoms with Crippen molar-refractivity contribution in [3.63, 3.8) is 0 Å². The SMILES string of the molecule is CCc1nn(C)c(CN(CC)CCC(=N)N)c1Br. The van der Waals surface area contributed by atoms with Crippen molar-refractivity contribution in [2.45, 2.75) is 33.2 Å². The van der Waals surface area contributed by atoms with Gasteiger partial charge in [-0.15, -0.1) is 0 Å². The molecule has 1 heterocycles. The Morgan fingerprint density at radius 2 is 2.17 bits per heavy atom. The Hall–Kier alpha value is -0.880. The van der Waals surface area contributed by atoms with Crippen LogP contribution in [0.5, 0.6) is 0 Å². The van der Waals surface area contributed by atoms with E-state index in [-0.39, 0.29) is 5.84 Å². The number of halogens is 1. The number of amidine groups is 1. The molecule has 0 bridgehead atoms. The van der Waals surface area contributed by atoms with Crippen molar-refractivity contribution < 1.29 is 0 Å². The highest BCUT2D eigenvalue weighted by molar-refractivity contribution is 9.10. The summed E-state index contributed by atoms with van der Waals surface area (Å²) in [6.45, 7) is 6.79. The number of rotatable bonds is 7. The van der Waals surface area contributed by atoms with Crippen LogP contribution in [-0.4, -0.2) is 33.6 Å². The first-order valence-electron chi connectivity index (χ1n) is 6.25. The summed E-state index contributed by atoms with van der Waals surface area (Å²) in [5.41, 5.74) is 7.67. The minimum Gasteiger partial charge on any atom is -0.388 e. The Kier molecular flexibility index (Phi) is 5.81. The van der Waals surface area contributed by atoms with Crippen molar-refractivity contribution in [2.75, 3.05) is 13.1 Å². The first-order chi connectivity index (χ1) is 8.49. The number of hydrogen-bond donors (Lipinski definition) is 2. The smallest absolute Gasteiger partial charge is 0.0918 e. The summed E-state index contributed by atoms with van der Waals surface area (Å²) in [5.74, 6) is 0.242. The van der Waals surface area contributed by atoms with Crippen molar-refractivity contribution in [3.8, 4) is 0 Å². The van der Waals surface area contributed by atoms with Crippen LogP contribution in [0, 0.1) is 5.41 Å². The van der Waals surface area contributed by atoms with Gasteiger partial charge < -0.3 is 5.73 Å². The number of nitrogens with zero attached hydrogens (tertiary/aromatic N) is 3. The summed E-state index contributed by atoms with van der Waals surface area (Å²) in [4.78, 5) is 2.27. The lowest BCUT2D eigenvalue weighted by atomic mass is 10.2. The van der Waals surface area contributed by atoms with Gasteiger partial charge in [0, 0.05) is 26.6 Å². The molecular formula is C12H22BrN5. The number of aromatic nitrogens is 2. The molecule has 0 amide bonds. The Bertz CT molecular complexity index is 413. The summed E-state index contributed by atoms with van der Waals surface area (Å²) < 4.78 is 3.04. The molecule has 0 aliphatic carbocycles. The van der Waals surface area contributed by atoms with Crippen LogP contribution in [0.25, 0.3) is 0 Å². The largest absolute Gasteiger partial charge is 0.388 e. The third kappa shape index (κ3) is 3.81. The summed E-state index contributed by atoms with van der Waals surface area (Å²) in [6, 6.07) is 0. The van der Waals surface area contributed by atoms with Crippen LogP contribution < -0.4 is 5.73 Å².